The molecule has 6 heteroatoms. The lowest BCUT2D eigenvalue weighted by molar-refractivity contribution is -0.120. The number of carbonyl (C=O) groups is 1. The van der Waals surface area contributed by atoms with Gasteiger partial charge in [0.15, 0.2) is 0 Å². The summed E-state index contributed by atoms with van der Waals surface area (Å²) in [4.78, 5) is 13.2. The third-order valence-electron chi connectivity index (χ3n) is 6.62. The van der Waals surface area contributed by atoms with Gasteiger partial charge in [0.05, 0.1) is 10.6 Å². The molecule has 2 saturated carbocycles. The SMILES string of the molecule is CCc1ccccc1N(CC(=O)NC1CC2CCC1C2)S(=O)(=O)c1ccc(C)cc1. The van der Waals surface area contributed by atoms with E-state index in [1.807, 2.05) is 32.0 Å². The summed E-state index contributed by atoms with van der Waals surface area (Å²) in [6, 6.07) is 14.4. The molecule has 1 amide bonds. The summed E-state index contributed by atoms with van der Waals surface area (Å²) in [5.74, 6) is 1.03. The zero-order valence-corrected chi connectivity index (χ0v) is 18.5. The Hall–Kier alpha value is -2.34. The molecule has 0 aliphatic heterocycles. The van der Waals surface area contributed by atoms with Crippen molar-refractivity contribution < 1.29 is 13.2 Å². The van der Waals surface area contributed by atoms with Crippen LogP contribution in [0.1, 0.15) is 43.7 Å². The Morgan fingerprint density at radius 1 is 1.07 bits per heavy atom. The number of hydrogen-bond donors (Lipinski definition) is 1. The number of rotatable bonds is 7. The Kier molecular flexibility index (Phi) is 5.87. The normalized spacial score (nSPS) is 22.8. The van der Waals surface area contributed by atoms with E-state index in [1.54, 1.807) is 30.3 Å². The molecule has 160 valence electrons. The summed E-state index contributed by atoms with van der Waals surface area (Å²) in [5, 5.41) is 3.14. The van der Waals surface area contributed by atoms with E-state index in [-0.39, 0.29) is 23.4 Å². The monoisotopic (exact) mass is 426 g/mol. The van der Waals surface area contributed by atoms with Gasteiger partial charge in [0.2, 0.25) is 5.91 Å². The van der Waals surface area contributed by atoms with E-state index in [4.69, 9.17) is 0 Å². The second-order valence-electron chi connectivity index (χ2n) is 8.66. The maximum absolute atomic E-state index is 13.6. The van der Waals surface area contributed by atoms with E-state index in [1.165, 1.54) is 23.6 Å². The third kappa shape index (κ3) is 4.10. The van der Waals surface area contributed by atoms with Gasteiger partial charge in [-0.15, -0.1) is 0 Å². The van der Waals surface area contributed by atoms with Crippen molar-refractivity contribution in [2.24, 2.45) is 11.8 Å². The molecule has 2 bridgehead atoms. The highest BCUT2D eigenvalue weighted by molar-refractivity contribution is 7.92. The zero-order valence-electron chi connectivity index (χ0n) is 17.7. The number of nitrogens with one attached hydrogen (secondary N) is 1. The first kappa shape index (κ1) is 20.9. The molecule has 0 radical (unpaired) electrons. The van der Waals surface area contributed by atoms with Gasteiger partial charge >= 0.3 is 0 Å². The van der Waals surface area contributed by atoms with Crippen LogP contribution in [0.15, 0.2) is 53.4 Å². The average molecular weight is 427 g/mol. The topological polar surface area (TPSA) is 66.5 Å². The minimum Gasteiger partial charge on any atom is -0.352 e. The first-order valence-corrected chi connectivity index (χ1v) is 12.3. The number of carbonyl (C=O) groups excluding carboxylic acids is 1. The van der Waals surface area contributed by atoms with Crippen molar-refractivity contribution in [2.75, 3.05) is 10.8 Å². The quantitative estimate of drug-likeness (QED) is 0.726. The molecule has 2 aliphatic rings. The average Bonchev–Trinajstić information content (AvgIpc) is 3.35. The number of fused-ring (bicyclic) bond motifs is 2. The number of amides is 1. The minimum atomic E-state index is -3.87. The lowest BCUT2D eigenvalue weighted by Crippen LogP contribution is -2.46. The van der Waals surface area contributed by atoms with E-state index < -0.39 is 10.0 Å². The summed E-state index contributed by atoms with van der Waals surface area (Å²) in [7, 11) is -3.87. The van der Waals surface area contributed by atoms with Gasteiger partial charge in [-0.05, 0) is 68.2 Å². The van der Waals surface area contributed by atoms with Crippen molar-refractivity contribution in [1.82, 2.24) is 5.32 Å². The number of anilines is 1. The summed E-state index contributed by atoms with van der Waals surface area (Å²) in [6.07, 6.45) is 5.32. The fourth-order valence-corrected chi connectivity index (χ4v) is 6.45. The summed E-state index contributed by atoms with van der Waals surface area (Å²) >= 11 is 0. The van der Waals surface area contributed by atoms with E-state index >= 15 is 0 Å². The zero-order chi connectivity index (χ0) is 21.3. The van der Waals surface area contributed by atoms with Gasteiger partial charge in [-0.2, -0.15) is 0 Å². The van der Waals surface area contributed by atoms with Crippen molar-refractivity contribution in [3.63, 3.8) is 0 Å². The lowest BCUT2D eigenvalue weighted by atomic mass is 9.95. The molecule has 3 atom stereocenters. The highest BCUT2D eigenvalue weighted by atomic mass is 32.2. The van der Waals surface area contributed by atoms with E-state index in [9.17, 15) is 13.2 Å². The molecule has 2 fully saturated rings. The molecule has 0 aromatic heterocycles. The van der Waals surface area contributed by atoms with Crippen LogP contribution in [-0.4, -0.2) is 26.9 Å². The number of hydrogen-bond acceptors (Lipinski definition) is 3. The van der Waals surface area contributed by atoms with E-state index in [0.717, 1.165) is 17.5 Å². The number of benzene rings is 2. The molecule has 3 unspecified atom stereocenters. The van der Waals surface area contributed by atoms with Crippen molar-refractivity contribution in [2.45, 2.75) is 56.9 Å². The Morgan fingerprint density at radius 2 is 1.80 bits per heavy atom. The first-order chi connectivity index (χ1) is 14.4. The van der Waals surface area contributed by atoms with Gasteiger partial charge in [0.25, 0.3) is 10.0 Å². The van der Waals surface area contributed by atoms with E-state index in [2.05, 4.69) is 5.32 Å². The van der Waals surface area contributed by atoms with Crippen molar-refractivity contribution in [1.29, 1.82) is 0 Å². The van der Waals surface area contributed by atoms with E-state index in [0.29, 0.717) is 23.9 Å². The Bertz CT molecular complexity index is 1020. The maximum Gasteiger partial charge on any atom is 0.264 e. The highest BCUT2D eigenvalue weighted by Crippen LogP contribution is 2.44. The molecule has 0 spiro atoms. The number of nitrogens with zero attached hydrogens (tertiary/aromatic N) is 1. The molecule has 2 aromatic carbocycles. The molecule has 0 heterocycles. The van der Waals surface area contributed by atoms with Crippen LogP contribution in [-0.2, 0) is 21.2 Å². The molecule has 2 aliphatic carbocycles. The summed E-state index contributed by atoms with van der Waals surface area (Å²) < 4.78 is 28.4. The second-order valence-corrected chi connectivity index (χ2v) is 10.5. The number of aryl methyl sites for hydroxylation is 2. The molecule has 30 heavy (non-hydrogen) atoms. The van der Waals surface area contributed by atoms with Gasteiger partial charge in [0.1, 0.15) is 6.54 Å². The minimum absolute atomic E-state index is 0.182. The van der Waals surface area contributed by atoms with Crippen LogP contribution >= 0.6 is 0 Å². The number of sulfonamides is 1. The second kappa shape index (κ2) is 8.42. The van der Waals surface area contributed by atoms with Crippen LogP contribution in [0.4, 0.5) is 5.69 Å². The van der Waals surface area contributed by atoms with Gasteiger partial charge in [-0.25, -0.2) is 8.42 Å². The van der Waals surface area contributed by atoms with Gasteiger partial charge < -0.3 is 5.32 Å². The Balaban J connectivity index is 1.63. The number of para-hydroxylation sites is 1. The van der Waals surface area contributed by atoms with Crippen LogP contribution in [0.3, 0.4) is 0 Å². The van der Waals surface area contributed by atoms with Gasteiger partial charge in [-0.1, -0.05) is 49.2 Å². The molecule has 0 saturated heterocycles. The predicted molar refractivity (Wildman–Crippen MR) is 119 cm³/mol. The largest absolute Gasteiger partial charge is 0.352 e. The fourth-order valence-electron chi connectivity index (χ4n) is 4.99. The molecule has 5 nitrogen and oxygen atoms in total. The van der Waals surface area contributed by atoms with Gasteiger partial charge in [0, 0.05) is 6.04 Å². The molecular weight excluding hydrogens is 396 g/mol. The van der Waals surface area contributed by atoms with Crippen molar-refractivity contribution in [3.05, 3.63) is 59.7 Å². The van der Waals surface area contributed by atoms with Crippen LogP contribution in [0.25, 0.3) is 0 Å². The Morgan fingerprint density at radius 3 is 2.43 bits per heavy atom. The standard InChI is InChI=1S/C24H30N2O3S/c1-3-19-6-4-5-7-23(19)26(30(28,29)21-12-8-17(2)9-13-21)16-24(27)25-22-15-18-10-11-20(22)14-18/h4-9,12-13,18,20,22H,3,10-11,14-16H2,1-2H3,(H,25,27). The summed E-state index contributed by atoms with van der Waals surface area (Å²) in [6.45, 7) is 3.70. The molecule has 1 N–H and O–H groups in total. The highest BCUT2D eigenvalue weighted by Gasteiger charge is 2.40. The summed E-state index contributed by atoms with van der Waals surface area (Å²) in [5.41, 5.74) is 2.47. The maximum atomic E-state index is 13.6. The van der Waals surface area contributed by atoms with Crippen molar-refractivity contribution in [3.8, 4) is 0 Å². The van der Waals surface area contributed by atoms with Crippen LogP contribution in [0.2, 0.25) is 0 Å². The van der Waals surface area contributed by atoms with Gasteiger partial charge in [-0.3, -0.25) is 9.10 Å². The smallest absolute Gasteiger partial charge is 0.264 e. The van der Waals surface area contributed by atoms with Crippen LogP contribution < -0.4 is 9.62 Å². The molecular formula is C24H30N2O3S. The van der Waals surface area contributed by atoms with Crippen LogP contribution in [0.5, 0.6) is 0 Å². The Labute approximate surface area is 179 Å². The predicted octanol–water partition coefficient (Wildman–Crippen LogP) is 4.06. The lowest BCUT2D eigenvalue weighted by Gasteiger charge is -2.28. The molecule has 4 rings (SSSR count). The third-order valence-corrected chi connectivity index (χ3v) is 8.40. The van der Waals surface area contributed by atoms with Crippen LogP contribution in [0, 0.1) is 18.8 Å². The van der Waals surface area contributed by atoms with Crippen molar-refractivity contribution >= 4 is 21.6 Å². The first-order valence-electron chi connectivity index (χ1n) is 10.8. The fraction of sp³-hybridized carbons (Fsp3) is 0.458. The molecule has 2 aromatic rings.